The maximum Gasteiger partial charge on any atom is 0.192 e. The second-order valence-electron chi connectivity index (χ2n) is 7.94. The minimum atomic E-state index is -0.527. The topological polar surface area (TPSA) is 18.5 Å². The van der Waals surface area contributed by atoms with Crippen molar-refractivity contribution in [3.8, 4) is 0 Å². The van der Waals surface area contributed by atoms with Crippen LogP contribution in [0.15, 0.2) is 35.5 Å². The van der Waals surface area contributed by atoms with Crippen molar-refractivity contribution in [2.75, 3.05) is 0 Å². The van der Waals surface area contributed by atoms with Gasteiger partial charge in [0.1, 0.15) is 0 Å². The molecule has 0 aromatic rings. The van der Waals surface area contributed by atoms with Gasteiger partial charge < -0.3 is 9.47 Å². The molecule has 122 valence electrons. The molecule has 1 aliphatic carbocycles. The van der Waals surface area contributed by atoms with Crippen LogP contribution < -0.4 is 0 Å². The fourth-order valence-corrected chi connectivity index (χ4v) is 4.07. The van der Waals surface area contributed by atoms with Crippen molar-refractivity contribution in [3.05, 3.63) is 35.5 Å². The molecule has 0 N–H and O–H groups in total. The zero-order valence-electron chi connectivity index (χ0n) is 14.7. The van der Waals surface area contributed by atoms with E-state index >= 15 is 0 Å². The summed E-state index contributed by atoms with van der Waals surface area (Å²) in [5.74, 6) is 0.378. The van der Waals surface area contributed by atoms with E-state index in [4.69, 9.17) is 9.47 Å². The standard InChI is InChI=1S/C20H30O2/c1-14-7-6-8-15(2)13-18-17(10-9-14)16(3)20(21-18)12-11-19(4,5)22-20/h7,11-13,16-18H,6,8-10H2,1-5H3/b14-7+,15-13+/t16-,17-,18-,20-/m0/s1. The molecule has 3 aliphatic rings. The minimum absolute atomic E-state index is 0.180. The number of hydrogen-bond donors (Lipinski definition) is 0. The summed E-state index contributed by atoms with van der Waals surface area (Å²) >= 11 is 0. The van der Waals surface area contributed by atoms with Gasteiger partial charge in [-0.2, -0.15) is 0 Å². The van der Waals surface area contributed by atoms with Crippen LogP contribution in [0, 0.1) is 11.8 Å². The van der Waals surface area contributed by atoms with Gasteiger partial charge in [0, 0.05) is 5.92 Å². The quantitative estimate of drug-likeness (QED) is 0.575. The van der Waals surface area contributed by atoms with Crippen molar-refractivity contribution in [2.24, 2.45) is 11.8 Å². The Hall–Kier alpha value is -0.860. The number of allylic oxidation sites excluding steroid dienone is 3. The molecular weight excluding hydrogens is 272 g/mol. The molecule has 2 nitrogen and oxygen atoms in total. The van der Waals surface area contributed by atoms with E-state index in [0.29, 0.717) is 11.8 Å². The molecule has 0 unspecified atom stereocenters. The highest BCUT2D eigenvalue weighted by Crippen LogP contribution is 2.50. The molecule has 2 aliphatic heterocycles. The van der Waals surface area contributed by atoms with Gasteiger partial charge in [-0.1, -0.05) is 36.3 Å². The number of ether oxygens (including phenoxy) is 2. The van der Waals surface area contributed by atoms with Gasteiger partial charge in [-0.05, 0) is 65.4 Å². The van der Waals surface area contributed by atoms with E-state index < -0.39 is 5.79 Å². The monoisotopic (exact) mass is 302 g/mol. The summed E-state index contributed by atoms with van der Waals surface area (Å²) in [5, 5.41) is 0. The van der Waals surface area contributed by atoms with Gasteiger partial charge in [0.15, 0.2) is 5.79 Å². The van der Waals surface area contributed by atoms with Crippen molar-refractivity contribution >= 4 is 0 Å². The Balaban J connectivity index is 1.88. The molecule has 1 saturated heterocycles. The van der Waals surface area contributed by atoms with E-state index in [2.05, 4.69) is 58.9 Å². The van der Waals surface area contributed by atoms with Gasteiger partial charge in [-0.15, -0.1) is 0 Å². The average molecular weight is 302 g/mol. The lowest BCUT2D eigenvalue weighted by Crippen LogP contribution is -2.38. The van der Waals surface area contributed by atoms with Crippen LogP contribution in [0.2, 0.25) is 0 Å². The van der Waals surface area contributed by atoms with Crippen LogP contribution in [0.3, 0.4) is 0 Å². The normalized spacial score (nSPS) is 46.0. The molecule has 3 rings (SSSR count). The molecule has 1 fully saturated rings. The molecule has 0 amide bonds. The summed E-state index contributed by atoms with van der Waals surface area (Å²) in [4.78, 5) is 0. The zero-order chi connectivity index (χ0) is 16.0. The smallest absolute Gasteiger partial charge is 0.192 e. The summed E-state index contributed by atoms with van der Waals surface area (Å²) < 4.78 is 12.8. The summed E-state index contributed by atoms with van der Waals surface area (Å²) in [6.45, 7) is 11.0. The SMILES string of the molecule is C/C1=C\[C@@H]2O[C@]3(C=CC(C)(C)O3)[C@@H](C)[C@@H]2CC/C(C)=C/CC1. The highest BCUT2D eigenvalue weighted by atomic mass is 16.7. The Labute approximate surface area is 135 Å². The highest BCUT2D eigenvalue weighted by Gasteiger charge is 2.55. The summed E-state index contributed by atoms with van der Waals surface area (Å²) in [6.07, 6.45) is 13.9. The van der Waals surface area contributed by atoms with E-state index in [1.807, 2.05) is 0 Å². The van der Waals surface area contributed by atoms with E-state index in [0.717, 1.165) is 12.8 Å². The first-order chi connectivity index (χ1) is 10.3. The Kier molecular flexibility index (Phi) is 4.11. The molecule has 22 heavy (non-hydrogen) atoms. The maximum absolute atomic E-state index is 6.49. The van der Waals surface area contributed by atoms with E-state index in [9.17, 15) is 0 Å². The molecule has 0 radical (unpaired) electrons. The van der Waals surface area contributed by atoms with Crippen LogP contribution in [0.25, 0.3) is 0 Å². The Morgan fingerprint density at radius 3 is 2.55 bits per heavy atom. The second kappa shape index (κ2) is 5.65. The molecule has 0 bridgehead atoms. The predicted molar refractivity (Wildman–Crippen MR) is 90.5 cm³/mol. The molecule has 0 aromatic carbocycles. The molecular formula is C20H30O2. The van der Waals surface area contributed by atoms with Crippen molar-refractivity contribution in [2.45, 2.75) is 77.8 Å². The van der Waals surface area contributed by atoms with E-state index in [1.165, 1.54) is 24.0 Å². The summed E-state index contributed by atoms with van der Waals surface area (Å²) in [5.41, 5.74) is 2.73. The Bertz CT molecular complexity index is 526. The van der Waals surface area contributed by atoms with Crippen molar-refractivity contribution in [3.63, 3.8) is 0 Å². The first-order valence-electron chi connectivity index (χ1n) is 8.73. The molecule has 4 atom stereocenters. The number of rotatable bonds is 0. The maximum atomic E-state index is 6.49. The highest BCUT2D eigenvalue weighted by molar-refractivity contribution is 5.20. The van der Waals surface area contributed by atoms with Crippen molar-refractivity contribution in [1.29, 1.82) is 0 Å². The summed E-state index contributed by atoms with van der Waals surface area (Å²) in [6, 6.07) is 0. The van der Waals surface area contributed by atoms with Crippen LogP contribution >= 0.6 is 0 Å². The first-order valence-corrected chi connectivity index (χ1v) is 8.73. The van der Waals surface area contributed by atoms with Crippen LogP contribution in [0.5, 0.6) is 0 Å². The molecule has 0 saturated carbocycles. The van der Waals surface area contributed by atoms with Gasteiger partial charge in [-0.3, -0.25) is 0 Å². The van der Waals surface area contributed by atoms with Crippen LogP contribution in [0.1, 0.15) is 60.3 Å². The third-order valence-electron chi connectivity index (χ3n) is 5.51. The first kappa shape index (κ1) is 16.0. The minimum Gasteiger partial charge on any atom is -0.338 e. The van der Waals surface area contributed by atoms with Crippen LogP contribution in [0.4, 0.5) is 0 Å². The van der Waals surface area contributed by atoms with Crippen LogP contribution in [-0.2, 0) is 9.47 Å². The Morgan fingerprint density at radius 1 is 1.09 bits per heavy atom. The fourth-order valence-electron chi connectivity index (χ4n) is 4.07. The largest absolute Gasteiger partial charge is 0.338 e. The van der Waals surface area contributed by atoms with Crippen molar-refractivity contribution in [1.82, 2.24) is 0 Å². The predicted octanol–water partition coefficient (Wildman–Crippen LogP) is 5.17. The van der Waals surface area contributed by atoms with Gasteiger partial charge in [0.25, 0.3) is 0 Å². The van der Waals surface area contributed by atoms with Crippen molar-refractivity contribution < 1.29 is 9.47 Å². The molecule has 2 heterocycles. The van der Waals surface area contributed by atoms with Crippen LogP contribution in [-0.4, -0.2) is 17.5 Å². The average Bonchev–Trinajstić information content (AvgIpc) is 2.86. The number of hydrogen-bond acceptors (Lipinski definition) is 2. The third kappa shape index (κ3) is 2.96. The number of fused-ring (bicyclic) bond motifs is 1. The van der Waals surface area contributed by atoms with Gasteiger partial charge in [-0.25, -0.2) is 0 Å². The summed E-state index contributed by atoms with van der Waals surface area (Å²) in [7, 11) is 0. The molecule has 2 heteroatoms. The third-order valence-corrected chi connectivity index (χ3v) is 5.51. The molecule has 1 spiro atoms. The van der Waals surface area contributed by atoms with Gasteiger partial charge in [0.2, 0.25) is 0 Å². The fraction of sp³-hybridized carbons (Fsp3) is 0.700. The molecule has 0 aromatic heterocycles. The lowest BCUT2D eigenvalue weighted by molar-refractivity contribution is -0.227. The lowest BCUT2D eigenvalue weighted by Gasteiger charge is -2.31. The van der Waals surface area contributed by atoms with Gasteiger partial charge in [0.05, 0.1) is 11.7 Å². The van der Waals surface area contributed by atoms with E-state index in [1.54, 1.807) is 0 Å². The second-order valence-corrected chi connectivity index (χ2v) is 7.94. The van der Waals surface area contributed by atoms with E-state index in [-0.39, 0.29) is 11.7 Å². The zero-order valence-corrected chi connectivity index (χ0v) is 14.7. The Morgan fingerprint density at radius 2 is 1.86 bits per heavy atom. The van der Waals surface area contributed by atoms with Gasteiger partial charge >= 0.3 is 0 Å². The lowest BCUT2D eigenvalue weighted by atomic mass is 9.81.